The fraction of sp³-hybridized carbons (Fsp3) is 0.333. The normalized spacial score (nSPS) is 12.6. The van der Waals surface area contributed by atoms with Crippen molar-refractivity contribution in [3.05, 3.63) is 23.3 Å². The van der Waals surface area contributed by atoms with Crippen molar-refractivity contribution in [1.29, 1.82) is 0 Å². The molecule has 0 saturated heterocycles. The molecular weight excluding hydrogens is 192 g/mol. The first-order valence-corrected chi connectivity index (χ1v) is 3.99. The number of benzene rings is 1. The maximum Gasteiger partial charge on any atom is 0.197 e. The van der Waals surface area contributed by atoms with E-state index < -0.39 is 29.2 Å². The van der Waals surface area contributed by atoms with Crippen LogP contribution in [0.25, 0.3) is 0 Å². The predicted molar refractivity (Wildman–Crippen MR) is 47.2 cm³/mol. The van der Waals surface area contributed by atoms with Gasteiger partial charge >= 0.3 is 0 Å². The summed E-state index contributed by atoms with van der Waals surface area (Å²) in [5.74, 6) is -2.80. The number of methoxy groups -OCH3 is 1. The van der Waals surface area contributed by atoms with Gasteiger partial charge in [-0.2, -0.15) is 0 Å². The van der Waals surface area contributed by atoms with Crippen LogP contribution < -0.4 is 10.5 Å². The molecule has 5 heteroatoms. The smallest absolute Gasteiger partial charge is 0.197 e. The van der Waals surface area contributed by atoms with Crippen molar-refractivity contribution in [2.24, 2.45) is 5.73 Å². The highest BCUT2D eigenvalue weighted by Crippen LogP contribution is 2.37. The first-order chi connectivity index (χ1) is 6.49. The van der Waals surface area contributed by atoms with Crippen molar-refractivity contribution < 1.29 is 18.6 Å². The Morgan fingerprint density at radius 1 is 1.43 bits per heavy atom. The van der Waals surface area contributed by atoms with Crippen LogP contribution in [0.15, 0.2) is 6.07 Å². The van der Waals surface area contributed by atoms with Crippen LogP contribution in [0.5, 0.6) is 11.5 Å². The Balaban J connectivity index is 3.44. The minimum Gasteiger partial charge on any atom is -0.504 e. The zero-order valence-corrected chi connectivity index (χ0v) is 7.84. The first-order valence-electron chi connectivity index (χ1n) is 3.99. The molecule has 3 N–H and O–H groups in total. The van der Waals surface area contributed by atoms with Gasteiger partial charge in [0.2, 0.25) is 0 Å². The zero-order valence-electron chi connectivity index (χ0n) is 7.84. The monoisotopic (exact) mass is 203 g/mol. The molecule has 1 atom stereocenters. The molecular formula is C9H11F2NO2. The third kappa shape index (κ3) is 1.63. The molecule has 78 valence electrons. The number of halogens is 2. The standard InChI is InChI=1S/C9H11F2NO2/c1-4(12)7-5(10)3-6(11)9(14-2)8(7)13/h3-4,13H,12H2,1-2H3. The summed E-state index contributed by atoms with van der Waals surface area (Å²) in [5, 5.41) is 9.44. The average Bonchev–Trinajstić information content (AvgIpc) is 2.02. The largest absolute Gasteiger partial charge is 0.504 e. The Hall–Kier alpha value is -1.36. The molecule has 0 aromatic heterocycles. The van der Waals surface area contributed by atoms with Crippen LogP contribution in [0.3, 0.4) is 0 Å². The number of hydrogen-bond donors (Lipinski definition) is 2. The summed E-state index contributed by atoms with van der Waals surface area (Å²) in [6, 6.07) is -0.0958. The van der Waals surface area contributed by atoms with Crippen molar-refractivity contribution in [2.45, 2.75) is 13.0 Å². The first kappa shape index (κ1) is 10.7. The molecule has 0 bridgehead atoms. The highest BCUT2D eigenvalue weighted by molar-refractivity contribution is 5.48. The molecule has 0 radical (unpaired) electrons. The van der Waals surface area contributed by atoms with Gasteiger partial charge in [-0.3, -0.25) is 0 Å². The fourth-order valence-electron chi connectivity index (χ4n) is 1.23. The van der Waals surface area contributed by atoms with Gasteiger partial charge in [0.1, 0.15) is 5.82 Å². The van der Waals surface area contributed by atoms with Gasteiger partial charge in [-0.1, -0.05) is 0 Å². The van der Waals surface area contributed by atoms with E-state index in [0.29, 0.717) is 6.07 Å². The Kier molecular flexibility index (Phi) is 2.90. The van der Waals surface area contributed by atoms with E-state index >= 15 is 0 Å². The van der Waals surface area contributed by atoms with Crippen LogP contribution in [0.1, 0.15) is 18.5 Å². The molecule has 0 heterocycles. The maximum absolute atomic E-state index is 13.1. The lowest BCUT2D eigenvalue weighted by atomic mass is 10.1. The molecule has 0 aliphatic carbocycles. The lowest BCUT2D eigenvalue weighted by molar-refractivity contribution is 0.342. The molecule has 1 aromatic carbocycles. The van der Waals surface area contributed by atoms with E-state index in [9.17, 15) is 13.9 Å². The molecule has 0 aliphatic rings. The van der Waals surface area contributed by atoms with Crippen LogP contribution >= 0.6 is 0 Å². The summed E-state index contributed by atoms with van der Waals surface area (Å²) in [5.41, 5.74) is 5.26. The number of ether oxygens (including phenoxy) is 1. The number of rotatable bonds is 2. The number of nitrogens with two attached hydrogens (primary N) is 1. The molecule has 1 rings (SSSR count). The zero-order chi connectivity index (χ0) is 10.9. The van der Waals surface area contributed by atoms with Crippen molar-refractivity contribution in [1.82, 2.24) is 0 Å². The van der Waals surface area contributed by atoms with Gasteiger partial charge in [-0.25, -0.2) is 8.78 Å². The Labute approximate surface area is 80.1 Å². The second kappa shape index (κ2) is 3.79. The van der Waals surface area contributed by atoms with Crippen LogP contribution in [-0.2, 0) is 0 Å². The summed E-state index contributed by atoms with van der Waals surface area (Å²) in [4.78, 5) is 0. The van der Waals surface area contributed by atoms with E-state index in [2.05, 4.69) is 4.74 Å². The SMILES string of the molecule is COc1c(F)cc(F)c(C(C)N)c1O. The molecule has 0 amide bonds. The third-order valence-corrected chi connectivity index (χ3v) is 1.86. The van der Waals surface area contributed by atoms with E-state index in [0.717, 1.165) is 0 Å². The molecule has 1 aromatic rings. The van der Waals surface area contributed by atoms with Crippen LogP contribution in [-0.4, -0.2) is 12.2 Å². The van der Waals surface area contributed by atoms with Crippen molar-refractivity contribution >= 4 is 0 Å². The molecule has 1 unspecified atom stereocenters. The highest BCUT2D eigenvalue weighted by atomic mass is 19.1. The topological polar surface area (TPSA) is 55.5 Å². The molecule has 0 fully saturated rings. The summed E-state index contributed by atoms with van der Waals surface area (Å²) in [6.45, 7) is 1.48. The number of hydrogen-bond acceptors (Lipinski definition) is 3. The molecule has 0 spiro atoms. The second-order valence-electron chi connectivity index (χ2n) is 2.92. The van der Waals surface area contributed by atoms with E-state index in [1.165, 1.54) is 14.0 Å². The highest BCUT2D eigenvalue weighted by Gasteiger charge is 2.20. The molecule has 0 saturated carbocycles. The van der Waals surface area contributed by atoms with Crippen LogP contribution in [0.2, 0.25) is 0 Å². The molecule has 3 nitrogen and oxygen atoms in total. The minimum absolute atomic E-state index is 0.150. The van der Waals surface area contributed by atoms with Crippen LogP contribution in [0.4, 0.5) is 8.78 Å². The number of aromatic hydroxyl groups is 1. The van der Waals surface area contributed by atoms with Gasteiger partial charge in [0, 0.05) is 12.1 Å². The van der Waals surface area contributed by atoms with Crippen molar-refractivity contribution in [3.63, 3.8) is 0 Å². The summed E-state index contributed by atoms with van der Waals surface area (Å²) < 4.78 is 30.7. The van der Waals surface area contributed by atoms with Gasteiger partial charge in [-0.15, -0.1) is 0 Å². The van der Waals surface area contributed by atoms with Gasteiger partial charge in [0.25, 0.3) is 0 Å². The second-order valence-corrected chi connectivity index (χ2v) is 2.92. The van der Waals surface area contributed by atoms with Crippen molar-refractivity contribution in [2.75, 3.05) is 7.11 Å². The minimum atomic E-state index is -0.952. The van der Waals surface area contributed by atoms with Gasteiger partial charge in [-0.05, 0) is 6.92 Å². The third-order valence-electron chi connectivity index (χ3n) is 1.86. The summed E-state index contributed by atoms with van der Waals surface area (Å²) in [6.07, 6.45) is 0. The Bertz CT molecular complexity index is 353. The van der Waals surface area contributed by atoms with Gasteiger partial charge in [0.15, 0.2) is 17.3 Å². The lowest BCUT2D eigenvalue weighted by Gasteiger charge is -2.13. The number of phenols is 1. The van der Waals surface area contributed by atoms with E-state index in [4.69, 9.17) is 5.73 Å². The predicted octanol–water partition coefficient (Wildman–Crippen LogP) is 1.70. The van der Waals surface area contributed by atoms with Crippen molar-refractivity contribution in [3.8, 4) is 11.5 Å². The summed E-state index contributed by atoms with van der Waals surface area (Å²) in [7, 11) is 1.18. The molecule has 14 heavy (non-hydrogen) atoms. The Morgan fingerprint density at radius 2 is 2.00 bits per heavy atom. The maximum atomic E-state index is 13.1. The van der Waals surface area contributed by atoms with E-state index in [1.807, 2.05) is 0 Å². The molecule has 0 aliphatic heterocycles. The Morgan fingerprint density at radius 3 is 2.43 bits per heavy atom. The van der Waals surface area contributed by atoms with Gasteiger partial charge < -0.3 is 15.6 Å². The van der Waals surface area contributed by atoms with E-state index in [1.54, 1.807) is 0 Å². The quantitative estimate of drug-likeness (QED) is 0.769. The fourth-order valence-corrected chi connectivity index (χ4v) is 1.23. The lowest BCUT2D eigenvalue weighted by Crippen LogP contribution is -2.09. The average molecular weight is 203 g/mol. The summed E-state index contributed by atoms with van der Waals surface area (Å²) >= 11 is 0. The number of phenolic OH excluding ortho intramolecular Hbond substituents is 1. The van der Waals surface area contributed by atoms with Crippen LogP contribution in [0, 0.1) is 11.6 Å². The van der Waals surface area contributed by atoms with Gasteiger partial charge in [0.05, 0.1) is 12.7 Å². The van der Waals surface area contributed by atoms with E-state index in [-0.39, 0.29) is 5.56 Å².